The molecule has 0 spiro atoms. The second kappa shape index (κ2) is 5.27. The topological polar surface area (TPSA) is 43.1 Å². The maximum absolute atomic E-state index is 10.5. The minimum absolute atomic E-state index is 0.113. The van der Waals surface area contributed by atoms with Crippen LogP contribution in [0.2, 0.25) is 0 Å². The summed E-state index contributed by atoms with van der Waals surface area (Å²) in [6, 6.07) is 14.7. The Morgan fingerprint density at radius 2 is 1.33 bits per heavy atom. The van der Waals surface area contributed by atoms with Gasteiger partial charge in [0.2, 0.25) is 0 Å². The third kappa shape index (κ3) is 3.04. The van der Waals surface area contributed by atoms with Crippen molar-refractivity contribution in [3.05, 3.63) is 75.3 Å². The Kier molecular flexibility index (Phi) is 3.53. The van der Waals surface area contributed by atoms with Gasteiger partial charge in [0.25, 0.3) is 5.69 Å². The SMILES string of the molecule is Cc1ccc(C=Cc2ccc([N+](=O)[O-])cc2)cc1. The van der Waals surface area contributed by atoms with Gasteiger partial charge < -0.3 is 0 Å². The lowest BCUT2D eigenvalue weighted by Crippen LogP contribution is -1.86. The van der Waals surface area contributed by atoms with E-state index in [1.165, 1.54) is 17.7 Å². The van der Waals surface area contributed by atoms with Crippen molar-refractivity contribution >= 4 is 17.8 Å². The number of hydrogen-bond donors (Lipinski definition) is 0. The van der Waals surface area contributed by atoms with Crippen molar-refractivity contribution in [2.45, 2.75) is 6.92 Å². The van der Waals surface area contributed by atoms with Crippen LogP contribution in [0.25, 0.3) is 12.2 Å². The summed E-state index contributed by atoms with van der Waals surface area (Å²) in [4.78, 5) is 10.1. The first-order valence-corrected chi connectivity index (χ1v) is 5.64. The number of nitrogens with zero attached hydrogens (tertiary/aromatic N) is 1. The number of rotatable bonds is 3. The van der Waals surface area contributed by atoms with E-state index in [1.807, 2.05) is 31.2 Å². The average molecular weight is 239 g/mol. The lowest BCUT2D eigenvalue weighted by molar-refractivity contribution is -0.384. The molecule has 90 valence electrons. The molecule has 0 atom stereocenters. The van der Waals surface area contributed by atoms with Crippen molar-refractivity contribution in [1.82, 2.24) is 0 Å². The number of benzene rings is 2. The summed E-state index contributed by atoms with van der Waals surface area (Å²) in [5.74, 6) is 0. The molecule has 0 amide bonds. The third-order valence-corrected chi connectivity index (χ3v) is 2.65. The Labute approximate surface area is 106 Å². The van der Waals surface area contributed by atoms with E-state index in [4.69, 9.17) is 0 Å². The van der Waals surface area contributed by atoms with Crippen LogP contribution in [-0.2, 0) is 0 Å². The Bertz CT molecular complexity index is 568. The Hall–Kier alpha value is -2.42. The van der Waals surface area contributed by atoms with Crippen LogP contribution in [0.5, 0.6) is 0 Å². The summed E-state index contributed by atoms with van der Waals surface area (Å²) >= 11 is 0. The van der Waals surface area contributed by atoms with E-state index in [0.29, 0.717) is 0 Å². The smallest absolute Gasteiger partial charge is 0.258 e. The van der Waals surface area contributed by atoms with Gasteiger partial charge in [-0.1, -0.05) is 42.0 Å². The molecule has 2 aromatic carbocycles. The highest BCUT2D eigenvalue weighted by atomic mass is 16.6. The zero-order valence-electron chi connectivity index (χ0n) is 10.0. The number of nitro benzene ring substituents is 1. The summed E-state index contributed by atoms with van der Waals surface area (Å²) in [7, 11) is 0. The maximum atomic E-state index is 10.5. The first-order chi connectivity index (χ1) is 8.65. The van der Waals surface area contributed by atoms with Gasteiger partial charge in [-0.05, 0) is 30.2 Å². The van der Waals surface area contributed by atoms with Gasteiger partial charge in [-0.25, -0.2) is 0 Å². The first kappa shape index (κ1) is 12.0. The molecule has 0 bridgehead atoms. The first-order valence-electron chi connectivity index (χ1n) is 5.64. The molecule has 0 aliphatic heterocycles. The lowest BCUT2D eigenvalue weighted by atomic mass is 10.1. The van der Waals surface area contributed by atoms with Crippen LogP contribution >= 0.6 is 0 Å². The van der Waals surface area contributed by atoms with E-state index >= 15 is 0 Å². The molecule has 2 rings (SSSR count). The molecule has 18 heavy (non-hydrogen) atoms. The fraction of sp³-hybridized carbons (Fsp3) is 0.0667. The Morgan fingerprint density at radius 3 is 1.78 bits per heavy atom. The second-order valence-electron chi connectivity index (χ2n) is 4.09. The van der Waals surface area contributed by atoms with Crippen LogP contribution in [0.1, 0.15) is 16.7 Å². The largest absolute Gasteiger partial charge is 0.269 e. The molecular formula is C15H13NO2. The number of hydrogen-bond acceptors (Lipinski definition) is 2. The second-order valence-corrected chi connectivity index (χ2v) is 4.09. The highest BCUT2D eigenvalue weighted by Gasteiger charge is 2.01. The molecule has 0 saturated carbocycles. The van der Waals surface area contributed by atoms with Crippen LogP contribution in [0.15, 0.2) is 48.5 Å². The summed E-state index contributed by atoms with van der Waals surface area (Å²) in [6.45, 7) is 2.05. The van der Waals surface area contributed by atoms with Crippen molar-refractivity contribution in [2.24, 2.45) is 0 Å². The molecule has 3 heteroatoms. The van der Waals surface area contributed by atoms with Crippen molar-refractivity contribution in [2.75, 3.05) is 0 Å². The molecule has 2 aromatic rings. The van der Waals surface area contributed by atoms with Crippen LogP contribution in [0, 0.1) is 17.0 Å². The van der Waals surface area contributed by atoms with E-state index in [1.54, 1.807) is 12.1 Å². The maximum Gasteiger partial charge on any atom is 0.269 e. The zero-order valence-corrected chi connectivity index (χ0v) is 10.0. The molecular weight excluding hydrogens is 226 g/mol. The monoisotopic (exact) mass is 239 g/mol. The predicted octanol–water partition coefficient (Wildman–Crippen LogP) is 4.07. The van der Waals surface area contributed by atoms with E-state index in [-0.39, 0.29) is 5.69 Å². The van der Waals surface area contributed by atoms with Crippen LogP contribution < -0.4 is 0 Å². The van der Waals surface area contributed by atoms with Gasteiger partial charge in [0.1, 0.15) is 0 Å². The fourth-order valence-electron chi connectivity index (χ4n) is 1.58. The van der Waals surface area contributed by atoms with Gasteiger partial charge in [0, 0.05) is 12.1 Å². The molecule has 0 N–H and O–H groups in total. The molecule has 0 unspecified atom stereocenters. The van der Waals surface area contributed by atoms with E-state index < -0.39 is 4.92 Å². The van der Waals surface area contributed by atoms with Crippen LogP contribution in [0.4, 0.5) is 5.69 Å². The number of nitro groups is 1. The summed E-state index contributed by atoms with van der Waals surface area (Å²) in [5, 5.41) is 10.5. The van der Waals surface area contributed by atoms with E-state index in [9.17, 15) is 10.1 Å². The molecule has 0 saturated heterocycles. The standard InChI is InChI=1S/C15H13NO2/c1-12-2-4-13(5-3-12)6-7-14-8-10-15(11-9-14)16(17)18/h2-11H,1H3. The van der Waals surface area contributed by atoms with Gasteiger partial charge in [0.05, 0.1) is 4.92 Å². The minimum atomic E-state index is -0.395. The third-order valence-electron chi connectivity index (χ3n) is 2.65. The van der Waals surface area contributed by atoms with Gasteiger partial charge in [-0.15, -0.1) is 0 Å². The minimum Gasteiger partial charge on any atom is -0.258 e. The fourth-order valence-corrected chi connectivity index (χ4v) is 1.58. The Morgan fingerprint density at radius 1 is 0.889 bits per heavy atom. The molecule has 0 heterocycles. The molecule has 0 radical (unpaired) electrons. The van der Waals surface area contributed by atoms with E-state index in [2.05, 4.69) is 12.1 Å². The van der Waals surface area contributed by atoms with Gasteiger partial charge in [-0.2, -0.15) is 0 Å². The van der Waals surface area contributed by atoms with E-state index in [0.717, 1.165) is 11.1 Å². The molecule has 3 nitrogen and oxygen atoms in total. The molecule has 0 aromatic heterocycles. The van der Waals surface area contributed by atoms with Gasteiger partial charge >= 0.3 is 0 Å². The summed E-state index contributed by atoms with van der Waals surface area (Å²) < 4.78 is 0. The molecule has 0 aliphatic carbocycles. The van der Waals surface area contributed by atoms with Crippen LogP contribution in [-0.4, -0.2) is 4.92 Å². The zero-order chi connectivity index (χ0) is 13.0. The van der Waals surface area contributed by atoms with Crippen molar-refractivity contribution in [3.8, 4) is 0 Å². The normalized spacial score (nSPS) is 10.7. The number of aryl methyl sites for hydroxylation is 1. The quantitative estimate of drug-likeness (QED) is 0.460. The van der Waals surface area contributed by atoms with Crippen molar-refractivity contribution in [1.29, 1.82) is 0 Å². The van der Waals surface area contributed by atoms with Gasteiger partial charge in [0.15, 0.2) is 0 Å². The number of non-ortho nitro benzene ring substituents is 1. The lowest BCUT2D eigenvalue weighted by Gasteiger charge is -1.96. The summed E-state index contributed by atoms with van der Waals surface area (Å²) in [6.07, 6.45) is 3.93. The Balaban J connectivity index is 2.13. The average Bonchev–Trinajstić information content (AvgIpc) is 2.38. The van der Waals surface area contributed by atoms with Crippen molar-refractivity contribution in [3.63, 3.8) is 0 Å². The molecule has 0 fully saturated rings. The molecule has 0 aliphatic rings. The highest BCUT2D eigenvalue weighted by Crippen LogP contribution is 2.14. The highest BCUT2D eigenvalue weighted by molar-refractivity contribution is 5.70. The van der Waals surface area contributed by atoms with Gasteiger partial charge in [-0.3, -0.25) is 10.1 Å². The summed E-state index contributed by atoms with van der Waals surface area (Å²) in [5.41, 5.74) is 3.39. The van der Waals surface area contributed by atoms with Crippen LogP contribution in [0.3, 0.4) is 0 Å². The predicted molar refractivity (Wildman–Crippen MR) is 73.2 cm³/mol. The van der Waals surface area contributed by atoms with Crippen molar-refractivity contribution < 1.29 is 4.92 Å².